The fourth-order valence-corrected chi connectivity index (χ4v) is 3.77. The number of ether oxygens (including phenoxy) is 1. The van der Waals surface area contributed by atoms with Gasteiger partial charge in [-0.05, 0) is 31.4 Å². The maximum atomic E-state index is 12.7. The van der Waals surface area contributed by atoms with E-state index in [0.717, 1.165) is 63.3 Å². The molecule has 1 saturated carbocycles. The highest BCUT2D eigenvalue weighted by Gasteiger charge is 2.31. The van der Waals surface area contributed by atoms with Crippen molar-refractivity contribution in [1.29, 1.82) is 0 Å². The minimum atomic E-state index is 0. The van der Waals surface area contributed by atoms with Crippen molar-refractivity contribution in [2.75, 3.05) is 38.2 Å². The number of carbonyl (C=O) groups excluding carboxylic acids is 1. The Morgan fingerprint density at radius 1 is 1.12 bits per heavy atom. The number of methoxy groups -OCH3 is 1. The molecule has 2 aliphatic rings. The first kappa shape index (κ1) is 21.9. The van der Waals surface area contributed by atoms with Crippen LogP contribution in [0.3, 0.4) is 0 Å². The predicted molar refractivity (Wildman–Crippen MR) is 106 cm³/mol. The summed E-state index contributed by atoms with van der Waals surface area (Å²) in [6.45, 7) is 3.26. The van der Waals surface area contributed by atoms with Gasteiger partial charge < -0.3 is 20.3 Å². The van der Waals surface area contributed by atoms with E-state index >= 15 is 0 Å². The van der Waals surface area contributed by atoms with E-state index in [1.807, 2.05) is 23.1 Å². The highest BCUT2D eigenvalue weighted by molar-refractivity contribution is 5.85. The van der Waals surface area contributed by atoms with Crippen molar-refractivity contribution in [2.45, 2.75) is 31.7 Å². The van der Waals surface area contributed by atoms with Crippen LogP contribution in [0.25, 0.3) is 0 Å². The number of halogens is 2. The standard InChI is InChI=1S/C18H27N3O2.2ClH/c1-23-17-8-3-2-7-16(17)20-9-11-21(12-10-20)18(22)14-5-4-6-15(19)13-14;;/h2-3,7-8,14-15H,4-6,9-13,19H2,1H3;2*1H. The number of nitrogens with zero attached hydrogens (tertiary/aromatic N) is 2. The molecular weight excluding hydrogens is 361 g/mol. The number of benzene rings is 1. The van der Waals surface area contributed by atoms with Gasteiger partial charge in [-0.2, -0.15) is 0 Å². The van der Waals surface area contributed by atoms with Gasteiger partial charge in [-0.15, -0.1) is 24.8 Å². The maximum absolute atomic E-state index is 12.7. The number of para-hydroxylation sites is 2. The highest BCUT2D eigenvalue weighted by Crippen LogP contribution is 2.29. The second-order valence-corrected chi connectivity index (χ2v) is 6.61. The van der Waals surface area contributed by atoms with Crippen molar-refractivity contribution in [2.24, 2.45) is 11.7 Å². The Bertz CT molecular complexity index is 551. The molecule has 7 heteroatoms. The van der Waals surface area contributed by atoms with Crippen molar-refractivity contribution in [1.82, 2.24) is 4.90 Å². The van der Waals surface area contributed by atoms with Gasteiger partial charge in [0, 0.05) is 38.1 Å². The third kappa shape index (κ3) is 5.16. The molecule has 0 radical (unpaired) electrons. The van der Waals surface area contributed by atoms with E-state index in [9.17, 15) is 4.79 Å². The Labute approximate surface area is 162 Å². The SMILES string of the molecule is COc1ccccc1N1CCN(C(=O)C2CCCC(N)C2)CC1.Cl.Cl. The average molecular weight is 390 g/mol. The summed E-state index contributed by atoms with van der Waals surface area (Å²) in [5, 5.41) is 0. The molecule has 1 aliphatic carbocycles. The molecule has 2 fully saturated rings. The molecule has 1 saturated heterocycles. The zero-order valence-corrected chi connectivity index (χ0v) is 16.4. The molecular formula is C18H29Cl2N3O2. The van der Waals surface area contributed by atoms with Crippen molar-refractivity contribution < 1.29 is 9.53 Å². The molecule has 1 heterocycles. The number of carbonyl (C=O) groups is 1. The quantitative estimate of drug-likeness (QED) is 0.862. The monoisotopic (exact) mass is 389 g/mol. The van der Waals surface area contributed by atoms with Crippen molar-refractivity contribution in [3.63, 3.8) is 0 Å². The zero-order valence-electron chi connectivity index (χ0n) is 14.7. The van der Waals surface area contributed by atoms with E-state index in [4.69, 9.17) is 10.5 Å². The van der Waals surface area contributed by atoms with E-state index in [-0.39, 0.29) is 36.8 Å². The van der Waals surface area contributed by atoms with Crippen LogP contribution in [0.5, 0.6) is 5.75 Å². The number of anilines is 1. The van der Waals surface area contributed by atoms with E-state index in [0.29, 0.717) is 5.91 Å². The van der Waals surface area contributed by atoms with Crippen LogP contribution >= 0.6 is 24.8 Å². The fourth-order valence-electron chi connectivity index (χ4n) is 3.77. The van der Waals surface area contributed by atoms with Crippen molar-refractivity contribution >= 4 is 36.4 Å². The molecule has 0 aromatic heterocycles. The van der Waals surface area contributed by atoms with Crippen molar-refractivity contribution in [3.8, 4) is 5.75 Å². The van der Waals surface area contributed by atoms with Crippen LogP contribution in [0, 0.1) is 5.92 Å². The van der Waals surface area contributed by atoms with Gasteiger partial charge >= 0.3 is 0 Å². The van der Waals surface area contributed by atoms with Gasteiger partial charge in [0.25, 0.3) is 0 Å². The summed E-state index contributed by atoms with van der Waals surface area (Å²) in [5.41, 5.74) is 7.14. The predicted octanol–water partition coefficient (Wildman–Crippen LogP) is 2.70. The maximum Gasteiger partial charge on any atom is 0.225 e. The Balaban J connectivity index is 0.00000156. The van der Waals surface area contributed by atoms with Gasteiger partial charge in [-0.1, -0.05) is 18.6 Å². The Morgan fingerprint density at radius 3 is 2.44 bits per heavy atom. The van der Waals surface area contributed by atoms with Crippen LogP contribution in [0.15, 0.2) is 24.3 Å². The Hall–Kier alpha value is -1.17. The first-order valence-corrected chi connectivity index (χ1v) is 8.61. The lowest BCUT2D eigenvalue weighted by Gasteiger charge is -2.39. The van der Waals surface area contributed by atoms with Crippen LogP contribution in [-0.4, -0.2) is 50.1 Å². The fraction of sp³-hybridized carbons (Fsp3) is 0.611. The molecule has 1 amide bonds. The molecule has 25 heavy (non-hydrogen) atoms. The van der Waals surface area contributed by atoms with E-state index < -0.39 is 0 Å². The van der Waals surface area contributed by atoms with Gasteiger partial charge in [0.2, 0.25) is 5.91 Å². The van der Waals surface area contributed by atoms with Crippen LogP contribution in [0.1, 0.15) is 25.7 Å². The molecule has 0 spiro atoms. The minimum Gasteiger partial charge on any atom is -0.495 e. The molecule has 2 unspecified atom stereocenters. The largest absolute Gasteiger partial charge is 0.495 e. The van der Waals surface area contributed by atoms with Gasteiger partial charge in [0.15, 0.2) is 0 Å². The molecule has 1 aromatic rings. The summed E-state index contributed by atoms with van der Waals surface area (Å²) in [4.78, 5) is 17.0. The third-order valence-corrected chi connectivity index (χ3v) is 5.08. The van der Waals surface area contributed by atoms with E-state index in [2.05, 4.69) is 11.0 Å². The normalized spacial score (nSPS) is 23.3. The van der Waals surface area contributed by atoms with E-state index in [1.54, 1.807) is 7.11 Å². The van der Waals surface area contributed by atoms with Crippen LogP contribution in [-0.2, 0) is 4.79 Å². The van der Waals surface area contributed by atoms with Gasteiger partial charge in [0.05, 0.1) is 12.8 Å². The molecule has 5 nitrogen and oxygen atoms in total. The number of piperazine rings is 1. The first-order chi connectivity index (χ1) is 11.2. The lowest BCUT2D eigenvalue weighted by atomic mass is 9.85. The van der Waals surface area contributed by atoms with E-state index in [1.165, 1.54) is 0 Å². The molecule has 3 rings (SSSR count). The summed E-state index contributed by atoms with van der Waals surface area (Å²) in [6.07, 6.45) is 3.99. The first-order valence-electron chi connectivity index (χ1n) is 8.61. The number of hydrogen-bond acceptors (Lipinski definition) is 4. The average Bonchev–Trinajstić information content (AvgIpc) is 2.61. The Kier molecular flexibility index (Phi) is 8.83. The molecule has 2 N–H and O–H groups in total. The summed E-state index contributed by atoms with van der Waals surface area (Å²) in [5.74, 6) is 1.34. The lowest BCUT2D eigenvalue weighted by molar-refractivity contribution is -0.137. The zero-order chi connectivity index (χ0) is 16.2. The van der Waals surface area contributed by atoms with Crippen molar-refractivity contribution in [3.05, 3.63) is 24.3 Å². The van der Waals surface area contributed by atoms with Crippen LogP contribution < -0.4 is 15.4 Å². The second-order valence-electron chi connectivity index (χ2n) is 6.61. The smallest absolute Gasteiger partial charge is 0.225 e. The van der Waals surface area contributed by atoms with Gasteiger partial charge in [-0.3, -0.25) is 4.79 Å². The Morgan fingerprint density at radius 2 is 1.80 bits per heavy atom. The molecule has 1 aliphatic heterocycles. The molecule has 142 valence electrons. The second kappa shape index (κ2) is 10.1. The number of hydrogen-bond donors (Lipinski definition) is 1. The summed E-state index contributed by atoms with van der Waals surface area (Å²) in [6, 6.07) is 8.27. The summed E-state index contributed by atoms with van der Waals surface area (Å²) < 4.78 is 5.44. The topological polar surface area (TPSA) is 58.8 Å². The summed E-state index contributed by atoms with van der Waals surface area (Å²) >= 11 is 0. The molecule has 1 aromatic carbocycles. The minimum absolute atomic E-state index is 0. The van der Waals surface area contributed by atoms with Crippen LogP contribution in [0.4, 0.5) is 5.69 Å². The number of amides is 1. The number of nitrogens with two attached hydrogens (primary N) is 1. The lowest BCUT2D eigenvalue weighted by Crippen LogP contribution is -2.51. The summed E-state index contributed by atoms with van der Waals surface area (Å²) in [7, 11) is 1.70. The van der Waals surface area contributed by atoms with Crippen LogP contribution in [0.2, 0.25) is 0 Å². The van der Waals surface area contributed by atoms with Gasteiger partial charge in [-0.25, -0.2) is 0 Å². The highest BCUT2D eigenvalue weighted by atomic mass is 35.5. The number of rotatable bonds is 3. The third-order valence-electron chi connectivity index (χ3n) is 5.08. The van der Waals surface area contributed by atoms with Gasteiger partial charge in [0.1, 0.15) is 5.75 Å². The molecule has 0 bridgehead atoms. The molecule has 2 atom stereocenters.